The Hall–Kier alpha value is -4.13. The molecule has 0 fully saturated rings. The van der Waals surface area contributed by atoms with Crippen LogP contribution in [0.5, 0.6) is 0 Å². The van der Waals surface area contributed by atoms with Gasteiger partial charge in [0.1, 0.15) is 0 Å². The summed E-state index contributed by atoms with van der Waals surface area (Å²) >= 11 is 0. The predicted octanol–water partition coefficient (Wildman–Crippen LogP) is 3.23. The topological polar surface area (TPSA) is 93.6 Å². The maximum atomic E-state index is 12.7. The number of pyridine rings is 1. The minimum Gasteiger partial charge on any atom is -0.454 e. The van der Waals surface area contributed by atoms with Gasteiger partial charge < -0.3 is 4.74 Å². The van der Waals surface area contributed by atoms with E-state index in [0.717, 1.165) is 10.5 Å². The second-order valence-corrected chi connectivity index (χ2v) is 7.18. The first-order chi connectivity index (χ1) is 14.9. The Morgan fingerprint density at radius 1 is 0.935 bits per heavy atom. The summed E-state index contributed by atoms with van der Waals surface area (Å²) in [5.74, 6) is -2.00. The average Bonchev–Trinajstić information content (AvgIpc) is 3.02. The first kappa shape index (κ1) is 20.2. The van der Waals surface area contributed by atoms with Crippen LogP contribution in [0.3, 0.4) is 0 Å². The highest BCUT2D eigenvalue weighted by molar-refractivity contribution is 6.21. The van der Waals surface area contributed by atoms with E-state index < -0.39 is 24.4 Å². The van der Waals surface area contributed by atoms with Crippen LogP contribution in [-0.2, 0) is 11.3 Å². The number of Topliss-reactive ketones (excluding diaryl/α,β-unsaturated/α-hetero) is 1. The van der Waals surface area contributed by atoms with Crippen LogP contribution in [0.2, 0.25) is 0 Å². The molecule has 0 saturated carbocycles. The molecule has 1 aromatic heterocycles. The molecule has 2 aromatic carbocycles. The van der Waals surface area contributed by atoms with Gasteiger partial charge in [-0.15, -0.1) is 0 Å². The van der Waals surface area contributed by atoms with E-state index in [1.165, 1.54) is 18.2 Å². The van der Waals surface area contributed by atoms with E-state index in [2.05, 4.69) is 4.98 Å². The van der Waals surface area contributed by atoms with Gasteiger partial charge in [0.05, 0.1) is 23.2 Å². The van der Waals surface area contributed by atoms with E-state index in [1.54, 1.807) is 48.8 Å². The molecule has 0 unspecified atom stereocenters. The molecule has 2 amide bonds. The van der Waals surface area contributed by atoms with E-state index in [1.807, 2.05) is 6.92 Å². The molecule has 7 heteroatoms. The first-order valence-electron chi connectivity index (χ1n) is 9.60. The van der Waals surface area contributed by atoms with Crippen molar-refractivity contribution in [1.82, 2.24) is 9.88 Å². The van der Waals surface area contributed by atoms with Gasteiger partial charge in [-0.05, 0) is 36.8 Å². The maximum Gasteiger partial charge on any atom is 0.338 e. The molecule has 0 atom stereocenters. The van der Waals surface area contributed by atoms with Crippen molar-refractivity contribution in [2.24, 2.45) is 0 Å². The Balaban J connectivity index is 1.46. The minimum atomic E-state index is -0.741. The lowest BCUT2D eigenvalue weighted by Gasteiger charge is -2.13. The number of aromatic nitrogens is 1. The fourth-order valence-corrected chi connectivity index (χ4v) is 3.27. The van der Waals surface area contributed by atoms with E-state index in [-0.39, 0.29) is 29.0 Å². The Morgan fingerprint density at radius 3 is 2.35 bits per heavy atom. The summed E-state index contributed by atoms with van der Waals surface area (Å²) in [6.07, 6.45) is 3.19. The molecule has 1 aliphatic rings. The number of benzene rings is 2. The number of fused-ring (bicyclic) bond motifs is 1. The maximum absolute atomic E-state index is 12.7. The third kappa shape index (κ3) is 4.11. The van der Waals surface area contributed by atoms with E-state index in [4.69, 9.17) is 4.74 Å². The number of esters is 1. The van der Waals surface area contributed by atoms with Crippen molar-refractivity contribution in [3.05, 3.63) is 100 Å². The molecule has 31 heavy (non-hydrogen) atoms. The van der Waals surface area contributed by atoms with Crippen molar-refractivity contribution in [2.45, 2.75) is 13.5 Å². The summed E-state index contributed by atoms with van der Waals surface area (Å²) in [4.78, 5) is 55.1. The number of imide groups is 1. The highest BCUT2D eigenvalue weighted by Gasteiger charge is 2.36. The Labute approximate surface area is 178 Å². The largest absolute Gasteiger partial charge is 0.454 e. The lowest BCUT2D eigenvalue weighted by molar-refractivity contribution is 0.0474. The van der Waals surface area contributed by atoms with Gasteiger partial charge >= 0.3 is 5.97 Å². The fourth-order valence-electron chi connectivity index (χ4n) is 3.27. The summed E-state index contributed by atoms with van der Waals surface area (Å²) in [5.41, 5.74) is 2.63. The van der Waals surface area contributed by atoms with E-state index in [0.29, 0.717) is 11.1 Å². The van der Waals surface area contributed by atoms with Crippen molar-refractivity contribution < 1.29 is 23.9 Å². The van der Waals surface area contributed by atoms with E-state index in [9.17, 15) is 19.2 Å². The van der Waals surface area contributed by atoms with Gasteiger partial charge in [0.2, 0.25) is 0 Å². The number of aryl methyl sites for hydroxylation is 1. The van der Waals surface area contributed by atoms with Gasteiger partial charge in [-0.2, -0.15) is 0 Å². The van der Waals surface area contributed by atoms with Crippen LogP contribution >= 0.6 is 0 Å². The molecule has 4 rings (SSSR count). The Bertz CT molecular complexity index is 1190. The molecular formula is C24H18N2O5. The van der Waals surface area contributed by atoms with Gasteiger partial charge in [-0.25, -0.2) is 4.79 Å². The minimum absolute atomic E-state index is 0.0883. The quantitative estimate of drug-likeness (QED) is 0.349. The molecule has 0 N–H and O–H groups in total. The molecule has 2 heterocycles. The molecule has 0 spiro atoms. The third-order valence-corrected chi connectivity index (χ3v) is 4.98. The van der Waals surface area contributed by atoms with Crippen LogP contribution in [0.25, 0.3) is 0 Å². The van der Waals surface area contributed by atoms with Gasteiger partial charge in [0.25, 0.3) is 11.8 Å². The van der Waals surface area contributed by atoms with Crippen LogP contribution in [-0.4, -0.2) is 40.1 Å². The SMILES string of the molecule is Cc1ccc(C(=O)COC(=O)c2ccc3c(c2)C(=O)N(Cc2cccnc2)C3=O)cc1. The summed E-state index contributed by atoms with van der Waals surface area (Å²) in [7, 11) is 0. The number of ether oxygens (including phenoxy) is 1. The van der Waals surface area contributed by atoms with Crippen molar-refractivity contribution in [1.29, 1.82) is 0 Å². The standard InChI is InChI=1S/C24H18N2O5/c1-15-4-6-17(7-5-15)21(27)14-31-24(30)18-8-9-19-20(11-18)23(29)26(22(19)28)13-16-3-2-10-25-12-16/h2-12H,13-14H2,1H3. The highest BCUT2D eigenvalue weighted by Crippen LogP contribution is 2.26. The van der Waals surface area contributed by atoms with Crippen LogP contribution in [0, 0.1) is 6.92 Å². The Morgan fingerprint density at radius 2 is 1.65 bits per heavy atom. The number of amides is 2. The lowest BCUT2D eigenvalue weighted by Crippen LogP contribution is -2.29. The molecule has 0 saturated heterocycles. The summed E-state index contributed by atoms with van der Waals surface area (Å²) < 4.78 is 5.11. The van der Waals surface area contributed by atoms with Gasteiger partial charge in [-0.1, -0.05) is 35.9 Å². The molecule has 1 aliphatic heterocycles. The molecule has 3 aromatic rings. The van der Waals surface area contributed by atoms with Crippen molar-refractivity contribution in [3.63, 3.8) is 0 Å². The number of carbonyl (C=O) groups is 4. The number of nitrogens with zero attached hydrogens (tertiary/aromatic N) is 2. The zero-order valence-corrected chi connectivity index (χ0v) is 16.7. The second kappa shape index (κ2) is 8.31. The third-order valence-electron chi connectivity index (χ3n) is 4.98. The van der Waals surface area contributed by atoms with Gasteiger partial charge in [0.15, 0.2) is 12.4 Å². The van der Waals surface area contributed by atoms with E-state index >= 15 is 0 Å². The van der Waals surface area contributed by atoms with Crippen LogP contribution < -0.4 is 0 Å². The molecule has 7 nitrogen and oxygen atoms in total. The summed E-state index contributed by atoms with van der Waals surface area (Å²) in [6, 6.07) is 14.6. The zero-order valence-electron chi connectivity index (χ0n) is 16.7. The number of hydrogen-bond acceptors (Lipinski definition) is 6. The Kier molecular flexibility index (Phi) is 5.41. The summed E-state index contributed by atoms with van der Waals surface area (Å²) in [5, 5.41) is 0. The van der Waals surface area contributed by atoms with Gasteiger partial charge in [0, 0.05) is 18.0 Å². The molecular weight excluding hydrogens is 396 g/mol. The normalized spacial score (nSPS) is 12.6. The molecule has 0 aliphatic carbocycles. The molecule has 0 bridgehead atoms. The van der Waals surface area contributed by atoms with Gasteiger partial charge in [-0.3, -0.25) is 24.3 Å². The number of ketones is 1. The summed E-state index contributed by atoms with van der Waals surface area (Å²) in [6.45, 7) is 1.58. The lowest BCUT2D eigenvalue weighted by atomic mass is 10.1. The van der Waals surface area contributed by atoms with Crippen molar-refractivity contribution in [2.75, 3.05) is 6.61 Å². The van der Waals surface area contributed by atoms with Crippen molar-refractivity contribution >= 4 is 23.6 Å². The number of rotatable bonds is 6. The monoisotopic (exact) mass is 414 g/mol. The molecule has 0 radical (unpaired) electrons. The average molecular weight is 414 g/mol. The van der Waals surface area contributed by atoms with Crippen LogP contribution in [0.4, 0.5) is 0 Å². The molecule has 154 valence electrons. The van der Waals surface area contributed by atoms with Crippen LogP contribution in [0.1, 0.15) is 52.6 Å². The predicted molar refractivity (Wildman–Crippen MR) is 111 cm³/mol. The number of carbonyl (C=O) groups excluding carboxylic acids is 4. The highest BCUT2D eigenvalue weighted by atomic mass is 16.5. The zero-order chi connectivity index (χ0) is 22.0. The fraction of sp³-hybridized carbons (Fsp3) is 0.125. The van der Waals surface area contributed by atoms with Crippen LogP contribution in [0.15, 0.2) is 67.0 Å². The smallest absolute Gasteiger partial charge is 0.338 e. The second-order valence-electron chi connectivity index (χ2n) is 7.18. The number of hydrogen-bond donors (Lipinski definition) is 0. The van der Waals surface area contributed by atoms with Crippen molar-refractivity contribution in [3.8, 4) is 0 Å². The first-order valence-corrected chi connectivity index (χ1v) is 9.60.